The van der Waals surface area contributed by atoms with E-state index in [1.54, 1.807) is 31.4 Å². The Morgan fingerprint density at radius 1 is 1.00 bits per heavy atom. The summed E-state index contributed by atoms with van der Waals surface area (Å²) in [7, 11) is 3.73. The number of hydrogen-bond donors (Lipinski definition) is 3. The van der Waals surface area contributed by atoms with Crippen molar-refractivity contribution in [2.24, 2.45) is 0 Å². The van der Waals surface area contributed by atoms with Crippen molar-refractivity contribution >= 4 is 23.1 Å². The van der Waals surface area contributed by atoms with Crippen molar-refractivity contribution in [3.8, 4) is 11.1 Å². The van der Waals surface area contributed by atoms with Gasteiger partial charge in [-0.3, -0.25) is 9.69 Å². The van der Waals surface area contributed by atoms with Crippen LogP contribution in [0.15, 0.2) is 54.7 Å². The summed E-state index contributed by atoms with van der Waals surface area (Å²) in [6.07, 6.45) is -2.94. The molecular formula is C27H30F4N6O. The predicted molar refractivity (Wildman–Crippen MR) is 141 cm³/mol. The normalized spacial score (nSPS) is 14.8. The second-order valence-corrected chi connectivity index (χ2v) is 9.23. The number of nitrogens with zero attached hydrogens (tertiary/aromatic N) is 3. The van der Waals surface area contributed by atoms with Gasteiger partial charge in [0, 0.05) is 57.2 Å². The number of alkyl halides is 3. The SMILES string of the molecule is CNc1ccc(-c2ccc(NCC(=O)Nc3ccc(CN4CCN(C)CC4)c(C(F)(F)F)c3)c(F)c2)cn1. The van der Waals surface area contributed by atoms with Gasteiger partial charge in [0.1, 0.15) is 11.6 Å². The zero-order chi connectivity index (χ0) is 27.3. The maximum Gasteiger partial charge on any atom is 0.416 e. The van der Waals surface area contributed by atoms with Gasteiger partial charge >= 0.3 is 6.18 Å². The highest BCUT2D eigenvalue weighted by molar-refractivity contribution is 5.94. The number of amides is 1. The zero-order valence-corrected chi connectivity index (χ0v) is 21.2. The molecule has 202 valence electrons. The number of piperazine rings is 1. The Bertz CT molecular complexity index is 1260. The standard InChI is InChI=1S/C27H30F4N6O/c1-32-25-8-5-19(15-34-25)18-4-7-24(23(28)13-18)33-16-26(38)35-21-6-3-20(22(14-21)27(29,30)31)17-37-11-9-36(2)10-12-37/h3-8,13-15,33H,9-12,16-17H2,1-2H3,(H,32,34)(H,35,38). The number of carbonyl (C=O) groups is 1. The van der Waals surface area contributed by atoms with Crippen LogP contribution in [0, 0.1) is 5.82 Å². The minimum absolute atomic E-state index is 0.0274. The molecule has 1 amide bonds. The first-order valence-corrected chi connectivity index (χ1v) is 12.2. The third-order valence-corrected chi connectivity index (χ3v) is 6.45. The molecule has 2 aromatic carbocycles. The molecule has 2 heterocycles. The molecule has 1 saturated heterocycles. The minimum Gasteiger partial charge on any atom is -0.374 e. The van der Waals surface area contributed by atoms with Crippen molar-refractivity contribution in [3.05, 3.63) is 71.7 Å². The lowest BCUT2D eigenvalue weighted by Crippen LogP contribution is -2.44. The summed E-state index contributed by atoms with van der Waals surface area (Å²) in [4.78, 5) is 20.8. The molecule has 1 fully saturated rings. The van der Waals surface area contributed by atoms with Gasteiger partial charge in [0.25, 0.3) is 0 Å². The Kier molecular flexibility index (Phi) is 8.48. The quantitative estimate of drug-likeness (QED) is 0.366. The Labute approximate surface area is 218 Å². The summed E-state index contributed by atoms with van der Waals surface area (Å²) in [5.74, 6) is -0.480. The van der Waals surface area contributed by atoms with Gasteiger partial charge in [0.2, 0.25) is 5.91 Å². The van der Waals surface area contributed by atoms with Crippen molar-refractivity contribution < 1.29 is 22.4 Å². The van der Waals surface area contributed by atoms with Crippen LogP contribution in [0.3, 0.4) is 0 Å². The third-order valence-electron chi connectivity index (χ3n) is 6.45. The number of carbonyl (C=O) groups excluding carboxylic acids is 1. The summed E-state index contributed by atoms with van der Waals surface area (Å²) < 4.78 is 56.0. The lowest BCUT2D eigenvalue weighted by Gasteiger charge is -2.33. The van der Waals surface area contributed by atoms with Gasteiger partial charge in [-0.25, -0.2) is 9.37 Å². The molecule has 0 bridgehead atoms. The summed E-state index contributed by atoms with van der Waals surface area (Å²) in [5.41, 5.74) is 0.853. The van der Waals surface area contributed by atoms with Gasteiger partial charge in [-0.15, -0.1) is 0 Å². The topological polar surface area (TPSA) is 72.5 Å². The number of pyridine rings is 1. The second kappa shape index (κ2) is 11.8. The smallest absolute Gasteiger partial charge is 0.374 e. The Balaban J connectivity index is 1.38. The molecular weight excluding hydrogens is 500 g/mol. The Morgan fingerprint density at radius 3 is 2.37 bits per heavy atom. The van der Waals surface area contributed by atoms with E-state index in [0.717, 1.165) is 24.7 Å². The molecule has 1 aliphatic rings. The molecule has 4 rings (SSSR count). The molecule has 3 aromatic rings. The summed E-state index contributed by atoms with van der Waals surface area (Å²) in [5, 5.41) is 8.08. The number of likely N-dealkylation sites (N-methyl/N-ethyl adjacent to an activating group) is 1. The van der Waals surface area contributed by atoms with Gasteiger partial charge in [-0.1, -0.05) is 12.1 Å². The van der Waals surface area contributed by atoms with E-state index in [-0.39, 0.29) is 30.0 Å². The fourth-order valence-corrected chi connectivity index (χ4v) is 4.23. The highest BCUT2D eigenvalue weighted by atomic mass is 19.4. The van der Waals surface area contributed by atoms with E-state index >= 15 is 0 Å². The maximum absolute atomic E-state index is 14.6. The van der Waals surface area contributed by atoms with Gasteiger partial charge in [-0.05, 0) is 54.6 Å². The number of halogens is 4. The van der Waals surface area contributed by atoms with Gasteiger partial charge < -0.3 is 20.9 Å². The molecule has 0 unspecified atom stereocenters. The fourth-order valence-electron chi connectivity index (χ4n) is 4.23. The molecule has 0 radical (unpaired) electrons. The summed E-state index contributed by atoms with van der Waals surface area (Å²) in [6, 6.07) is 11.9. The molecule has 11 heteroatoms. The highest BCUT2D eigenvalue weighted by Crippen LogP contribution is 2.34. The van der Waals surface area contributed by atoms with Gasteiger partial charge in [-0.2, -0.15) is 13.2 Å². The van der Waals surface area contributed by atoms with E-state index in [2.05, 4.69) is 25.8 Å². The summed E-state index contributed by atoms with van der Waals surface area (Å²) >= 11 is 0. The predicted octanol–water partition coefficient (Wildman–Crippen LogP) is 4.75. The van der Waals surface area contributed by atoms with Crippen molar-refractivity contribution in [2.75, 3.05) is 62.8 Å². The van der Waals surface area contributed by atoms with Gasteiger partial charge in [0.05, 0.1) is 17.8 Å². The molecule has 0 spiro atoms. The van der Waals surface area contributed by atoms with Crippen LogP contribution in [0.2, 0.25) is 0 Å². The molecule has 38 heavy (non-hydrogen) atoms. The highest BCUT2D eigenvalue weighted by Gasteiger charge is 2.34. The first kappa shape index (κ1) is 27.3. The van der Waals surface area contributed by atoms with E-state index in [4.69, 9.17) is 0 Å². The number of hydrogen-bond acceptors (Lipinski definition) is 6. The Morgan fingerprint density at radius 2 is 1.74 bits per heavy atom. The van der Waals surface area contributed by atoms with Crippen LogP contribution in [0.1, 0.15) is 11.1 Å². The lowest BCUT2D eigenvalue weighted by molar-refractivity contribution is -0.138. The minimum atomic E-state index is -4.56. The average molecular weight is 531 g/mol. The molecule has 1 aliphatic heterocycles. The summed E-state index contributed by atoms with van der Waals surface area (Å²) in [6.45, 7) is 2.84. The van der Waals surface area contributed by atoms with Crippen LogP contribution >= 0.6 is 0 Å². The maximum atomic E-state index is 14.6. The van der Waals surface area contributed by atoms with Gasteiger partial charge in [0.15, 0.2) is 0 Å². The number of aromatic nitrogens is 1. The zero-order valence-electron chi connectivity index (χ0n) is 21.2. The number of rotatable bonds is 8. The van der Waals surface area contributed by atoms with Crippen molar-refractivity contribution in [2.45, 2.75) is 12.7 Å². The van der Waals surface area contributed by atoms with Crippen molar-refractivity contribution in [1.82, 2.24) is 14.8 Å². The molecule has 1 aromatic heterocycles. The first-order chi connectivity index (χ1) is 18.1. The van der Waals surface area contributed by atoms with Crippen LogP contribution in [0.5, 0.6) is 0 Å². The lowest BCUT2D eigenvalue weighted by atomic mass is 10.0. The molecule has 0 aliphatic carbocycles. The second-order valence-electron chi connectivity index (χ2n) is 9.23. The van der Waals surface area contributed by atoms with Crippen LogP contribution in [-0.2, 0) is 17.5 Å². The van der Waals surface area contributed by atoms with Crippen LogP contribution < -0.4 is 16.0 Å². The van der Waals surface area contributed by atoms with E-state index in [1.165, 1.54) is 24.3 Å². The van der Waals surface area contributed by atoms with Crippen molar-refractivity contribution in [1.29, 1.82) is 0 Å². The van der Waals surface area contributed by atoms with Crippen LogP contribution in [0.4, 0.5) is 34.8 Å². The monoisotopic (exact) mass is 530 g/mol. The molecule has 0 atom stereocenters. The molecule has 3 N–H and O–H groups in total. The van der Waals surface area contributed by atoms with Crippen LogP contribution in [-0.4, -0.2) is 67.5 Å². The number of benzene rings is 2. The van der Waals surface area contributed by atoms with Crippen LogP contribution in [0.25, 0.3) is 11.1 Å². The average Bonchev–Trinajstić information content (AvgIpc) is 2.89. The largest absolute Gasteiger partial charge is 0.416 e. The van der Waals surface area contributed by atoms with E-state index in [0.29, 0.717) is 24.5 Å². The Hall–Kier alpha value is -3.70. The van der Waals surface area contributed by atoms with E-state index in [1.807, 2.05) is 11.9 Å². The van der Waals surface area contributed by atoms with Crippen molar-refractivity contribution in [3.63, 3.8) is 0 Å². The first-order valence-electron chi connectivity index (χ1n) is 12.2. The van der Waals surface area contributed by atoms with E-state index in [9.17, 15) is 22.4 Å². The fraction of sp³-hybridized carbons (Fsp3) is 0.333. The number of anilines is 3. The molecule has 0 saturated carbocycles. The third kappa shape index (κ3) is 6.99. The molecule has 7 nitrogen and oxygen atoms in total. The van der Waals surface area contributed by atoms with E-state index < -0.39 is 23.5 Å². The number of nitrogens with one attached hydrogen (secondary N) is 3.